The van der Waals surface area contributed by atoms with Crippen LogP contribution in [0.5, 0.6) is 0 Å². The maximum absolute atomic E-state index is 11.9. The molecule has 0 aliphatic rings. The van der Waals surface area contributed by atoms with Gasteiger partial charge in [-0.2, -0.15) is 0 Å². The van der Waals surface area contributed by atoms with E-state index in [1.165, 1.54) is 0 Å². The first-order chi connectivity index (χ1) is 14.0. The van der Waals surface area contributed by atoms with Crippen LogP contribution in [0.4, 0.5) is 0 Å². The minimum absolute atomic E-state index is 0.0429. The van der Waals surface area contributed by atoms with Gasteiger partial charge in [-0.3, -0.25) is 19.2 Å². The quantitative estimate of drug-likeness (QED) is 0.167. The average Bonchev–Trinajstić information content (AvgIpc) is 2.71. The zero-order valence-corrected chi connectivity index (χ0v) is 19.4. The van der Waals surface area contributed by atoms with Crippen LogP contribution in [0.2, 0.25) is 0 Å². The number of ether oxygens (including phenoxy) is 2. The van der Waals surface area contributed by atoms with Gasteiger partial charge in [0.05, 0.1) is 14.2 Å². The number of rotatable bonds is 13. The van der Waals surface area contributed by atoms with Crippen LogP contribution < -0.4 is 10.6 Å². The van der Waals surface area contributed by atoms with E-state index in [2.05, 4.69) is 20.1 Å². The molecule has 0 saturated heterocycles. The summed E-state index contributed by atoms with van der Waals surface area (Å²) in [5.74, 6) is -5.53. The summed E-state index contributed by atoms with van der Waals surface area (Å²) in [6.07, 6.45) is 0. The Bertz CT molecular complexity index is 611. The number of hydrogen-bond acceptors (Lipinski definition) is 10. The van der Waals surface area contributed by atoms with Crippen molar-refractivity contribution in [3.8, 4) is 0 Å². The molecular formula is C18H28N2O8S2. The Balaban J connectivity index is 4.85. The van der Waals surface area contributed by atoms with Gasteiger partial charge >= 0.3 is 11.9 Å². The summed E-state index contributed by atoms with van der Waals surface area (Å²) in [7, 11) is 4.52. The molecule has 2 N–H and O–H groups in total. The van der Waals surface area contributed by atoms with E-state index in [-0.39, 0.29) is 11.5 Å². The van der Waals surface area contributed by atoms with Crippen LogP contribution in [0.1, 0.15) is 27.7 Å². The number of ketones is 2. The van der Waals surface area contributed by atoms with Crippen molar-refractivity contribution in [1.82, 2.24) is 10.6 Å². The standard InChI is InChI=1S/C18H28N2O8S2/c1-9(2)13(21)15(23)19-11(17(25)27-5)7-29-30-8-12(18(26)28-6)20-16(24)14(22)10(3)4/h9-12H,7-8H2,1-6H3,(H,19,23)(H,20,24). The molecule has 170 valence electrons. The van der Waals surface area contributed by atoms with Crippen LogP contribution in [-0.4, -0.2) is 73.1 Å². The maximum Gasteiger partial charge on any atom is 0.329 e. The lowest BCUT2D eigenvalue weighted by Gasteiger charge is -2.18. The fourth-order valence-corrected chi connectivity index (χ4v) is 4.13. The van der Waals surface area contributed by atoms with Gasteiger partial charge in [-0.1, -0.05) is 49.3 Å². The van der Waals surface area contributed by atoms with Gasteiger partial charge in [0, 0.05) is 23.3 Å². The lowest BCUT2D eigenvalue weighted by atomic mass is 10.1. The number of carbonyl (C=O) groups is 6. The smallest absolute Gasteiger partial charge is 0.329 e. The second-order valence-electron chi connectivity index (χ2n) is 6.71. The van der Waals surface area contributed by atoms with E-state index in [1.54, 1.807) is 27.7 Å². The van der Waals surface area contributed by atoms with Gasteiger partial charge in [0.2, 0.25) is 11.6 Å². The van der Waals surface area contributed by atoms with Gasteiger partial charge in [0.1, 0.15) is 12.1 Å². The summed E-state index contributed by atoms with van der Waals surface area (Å²) in [5, 5.41) is 4.65. The van der Waals surface area contributed by atoms with Crippen molar-refractivity contribution >= 4 is 56.9 Å². The van der Waals surface area contributed by atoms with Crippen molar-refractivity contribution in [2.75, 3.05) is 25.7 Å². The van der Waals surface area contributed by atoms with Crippen molar-refractivity contribution in [3.05, 3.63) is 0 Å². The maximum atomic E-state index is 11.9. The zero-order chi connectivity index (χ0) is 23.4. The summed E-state index contributed by atoms with van der Waals surface area (Å²) in [6, 6.07) is -2.15. The molecule has 0 aromatic heterocycles. The van der Waals surface area contributed by atoms with E-state index in [1.807, 2.05) is 0 Å². The molecule has 0 radical (unpaired) electrons. The molecule has 0 rings (SSSR count). The zero-order valence-electron chi connectivity index (χ0n) is 17.8. The minimum Gasteiger partial charge on any atom is -0.467 e. The Morgan fingerprint density at radius 1 is 0.667 bits per heavy atom. The molecule has 0 aromatic carbocycles. The van der Waals surface area contributed by atoms with E-state index in [0.717, 1.165) is 35.8 Å². The first-order valence-corrected chi connectivity index (χ1v) is 11.5. The molecule has 2 unspecified atom stereocenters. The highest BCUT2D eigenvalue weighted by Gasteiger charge is 2.28. The van der Waals surface area contributed by atoms with Crippen LogP contribution >= 0.6 is 21.6 Å². The first-order valence-electron chi connectivity index (χ1n) is 9.05. The van der Waals surface area contributed by atoms with E-state index < -0.39 is 59.2 Å². The minimum atomic E-state index is -1.07. The van der Waals surface area contributed by atoms with Crippen LogP contribution in [0, 0.1) is 11.8 Å². The van der Waals surface area contributed by atoms with E-state index in [0.29, 0.717) is 0 Å². The number of methoxy groups -OCH3 is 2. The number of hydrogen-bond donors (Lipinski definition) is 2. The summed E-state index contributed by atoms with van der Waals surface area (Å²) in [6.45, 7) is 6.24. The van der Waals surface area contributed by atoms with Gasteiger partial charge in [0.15, 0.2) is 0 Å². The summed E-state index contributed by atoms with van der Waals surface area (Å²) in [4.78, 5) is 71.0. The summed E-state index contributed by atoms with van der Waals surface area (Å²) >= 11 is 0. The van der Waals surface area contributed by atoms with Crippen molar-refractivity contribution < 1.29 is 38.2 Å². The van der Waals surface area contributed by atoms with Crippen molar-refractivity contribution in [2.24, 2.45) is 11.8 Å². The number of amides is 2. The van der Waals surface area contributed by atoms with Gasteiger partial charge in [-0.25, -0.2) is 9.59 Å². The molecule has 0 spiro atoms. The predicted molar refractivity (Wildman–Crippen MR) is 112 cm³/mol. The van der Waals surface area contributed by atoms with Crippen LogP contribution in [0.3, 0.4) is 0 Å². The van der Waals surface area contributed by atoms with Gasteiger partial charge in [0.25, 0.3) is 11.8 Å². The molecule has 0 bridgehead atoms. The Morgan fingerprint density at radius 3 is 1.20 bits per heavy atom. The SMILES string of the molecule is COC(=O)C(CSSCC(NC(=O)C(=O)C(C)C)C(=O)OC)NC(=O)C(=O)C(C)C. The first kappa shape index (κ1) is 27.9. The third-order valence-electron chi connectivity index (χ3n) is 3.63. The number of Topliss-reactive ketones (excluding diaryl/α,β-unsaturated/α-hetero) is 2. The molecule has 0 aliphatic heterocycles. The Hall–Kier alpha value is -2.08. The monoisotopic (exact) mass is 464 g/mol. The molecule has 2 amide bonds. The molecule has 0 aliphatic carbocycles. The molecular weight excluding hydrogens is 436 g/mol. The van der Waals surface area contributed by atoms with Crippen molar-refractivity contribution in [2.45, 2.75) is 39.8 Å². The summed E-state index contributed by atoms with van der Waals surface area (Å²) < 4.78 is 9.26. The van der Waals surface area contributed by atoms with Crippen molar-refractivity contribution in [3.63, 3.8) is 0 Å². The van der Waals surface area contributed by atoms with Gasteiger partial charge in [-0.05, 0) is 0 Å². The molecule has 0 heterocycles. The molecule has 0 saturated carbocycles. The van der Waals surface area contributed by atoms with E-state index >= 15 is 0 Å². The normalized spacial score (nSPS) is 12.7. The van der Waals surface area contributed by atoms with Crippen molar-refractivity contribution in [1.29, 1.82) is 0 Å². The Kier molecular flexibility index (Phi) is 13.0. The second kappa shape index (κ2) is 14.0. The molecule has 10 nitrogen and oxygen atoms in total. The van der Waals surface area contributed by atoms with E-state index in [9.17, 15) is 28.8 Å². The van der Waals surface area contributed by atoms with Crippen LogP contribution in [0.15, 0.2) is 0 Å². The summed E-state index contributed by atoms with van der Waals surface area (Å²) in [5.41, 5.74) is 0. The molecule has 2 atom stereocenters. The van der Waals surface area contributed by atoms with Crippen LogP contribution in [0.25, 0.3) is 0 Å². The fraction of sp³-hybridized carbons (Fsp3) is 0.667. The van der Waals surface area contributed by atoms with Gasteiger partial charge in [-0.15, -0.1) is 0 Å². The van der Waals surface area contributed by atoms with Gasteiger partial charge < -0.3 is 20.1 Å². The molecule has 30 heavy (non-hydrogen) atoms. The Labute approximate surface area is 183 Å². The number of esters is 2. The lowest BCUT2D eigenvalue weighted by molar-refractivity contribution is -0.146. The average molecular weight is 465 g/mol. The highest BCUT2D eigenvalue weighted by molar-refractivity contribution is 8.76. The number of carbonyl (C=O) groups excluding carboxylic acids is 6. The number of nitrogens with one attached hydrogen (secondary N) is 2. The third kappa shape index (κ3) is 9.61. The highest BCUT2D eigenvalue weighted by Crippen LogP contribution is 2.23. The van der Waals surface area contributed by atoms with E-state index in [4.69, 9.17) is 0 Å². The highest BCUT2D eigenvalue weighted by atomic mass is 33.1. The predicted octanol–water partition coefficient (Wildman–Crippen LogP) is 0.134. The molecule has 12 heteroatoms. The second-order valence-corrected chi connectivity index (χ2v) is 9.26. The topological polar surface area (TPSA) is 145 Å². The fourth-order valence-electron chi connectivity index (χ4n) is 1.84. The van der Waals surface area contributed by atoms with Crippen LogP contribution in [-0.2, 0) is 38.2 Å². The largest absolute Gasteiger partial charge is 0.467 e. The lowest BCUT2D eigenvalue weighted by Crippen LogP contribution is -2.47. The molecule has 0 fully saturated rings. The molecule has 0 aromatic rings. The third-order valence-corrected chi connectivity index (χ3v) is 6.05. The Morgan fingerprint density at radius 2 is 0.967 bits per heavy atom.